The number of nitrogens with two attached hydrogens (primary N) is 1. The van der Waals surface area contributed by atoms with Crippen LogP contribution in [0.1, 0.15) is 52.4 Å². The van der Waals surface area contributed by atoms with Crippen LogP contribution in [0.4, 0.5) is 0 Å². The van der Waals surface area contributed by atoms with Crippen LogP contribution in [0.15, 0.2) is 0 Å². The molecule has 4 N–H and O–H groups in total. The second-order valence-electron chi connectivity index (χ2n) is 5.17. The topological polar surface area (TPSA) is 92.4 Å². The normalized spacial score (nSPS) is 24.6. The molecule has 0 aliphatic heterocycles. The lowest BCUT2D eigenvalue weighted by molar-refractivity contribution is -0.144. The SMILES string of the molecule is CCC(N)(CC)C(=O)NC1CCCCC1C(=O)O. The summed E-state index contributed by atoms with van der Waals surface area (Å²) in [5.74, 6) is -1.51. The van der Waals surface area contributed by atoms with Crippen molar-refractivity contribution in [3.63, 3.8) is 0 Å². The first-order valence-electron chi connectivity index (χ1n) is 6.77. The predicted octanol–water partition coefficient (Wildman–Crippen LogP) is 1.26. The molecule has 104 valence electrons. The first kappa shape index (κ1) is 15.0. The largest absolute Gasteiger partial charge is 0.481 e. The van der Waals surface area contributed by atoms with Crippen LogP contribution in [0.25, 0.3) is 0 Å². The van der Waals surface area contributed by atoms with Crippen molar-refractivity contribution in [3.8, 4) is 0 Å². The van der Waals surface area contributed by atoms with E-state index in [1.165, 1.54) is 0 Å². The van der Waals surface area contributed by atoms with Gasteiger partial charge in [-0.3, -0.25) is 9.59 Å². The Morgan fingerprint density at radius 3 is 2.33 bits per heavy atom. The Kier molecular flexibility index (Phi) is 5.14. The molecule has 5 nitrogen and oxygen atoms in total. The molecule has 2 atom stereocenters. The smallest absolute Gasteiger partial charge is 0.308 e. The Labute approximate surface area is 108 Å². The van der Waals surface area contributed by atoms with E-state index in [0.29, 0.717) is 19.3 Å². The summed E-state index contributed by atoms with van der Waals surface area (Å²) >= 11 is 0. The van der Waals surface area contributed by atoms with Crippen molar-refractivity contribution in [2.75, 3.05) is 0 Å². The number of carbonyl (C=O) groups excluding carboxylic acids is 1. The van der Waals surface area contributed by atoms with E-state index >= 15 is 0 Å². The molecule has 2 unspecified atom stereocenters. The number of nitrogens with one attached hydrogen (secondary N) is 1. The Balaban J connectivity index is 2.69. The van der Waals surface area contributed by atoms with Crippen LogP contribution in [0, 0.1) is 5.92 Å². The summed E-state index contributed by atoms with van der Waals surface area (Å²) in [4.78, 5) is 23.3. The van der Waals surface area contributed by atoms with Gasteiger partial charge in [0.15, 0.2) is 0 Å². The summed E-state index contributed by atoms with van der Waals surface area (Å²) in [5, 5.41) is 12.0. The minimum absolute atomic E-state index is 0.217. The fourth-order valence-corrected chi connectivity index (χ4v) is 2.48. The zero-order chi connectivity index (χ0) is 13.8. The number of carbonyl (C=O) groups is 2. The Hall–Kier alpha value is -1.10. The van der Waals surface area contributed by atoms with Gasteiger partial charge < -0.3 is 16.2 Å². The Morgan fingerprint density at radius 2 is 1.83 bits per heavy atom. The van der Waals surface area contributed by atoms with Crippen molar-refractivity contribution in [2.45, 2.75) is 64.0 Å². The second kappa shape index (κ2) is 6.18. The monoisotopic (exact) mass is 256 g/mol. The molecule has 5 heteroatoms. The Bertz CT molecular complexity index is 313. The summed E-state index contributed by atoms with van der Waals surface area (Å²) in [5.41, 5.74) is 5.14. The summed E-state index contributed by atoms with van der Waals surface area (Å²) in [7, 11) is 0. The van der Waals surface area contributed by atoms with Crippen molar-refractivity contribution in [1.82, 2.24) is 5.32 Å². The van der Waals surface area contributed by atoms with E-state index < -0.39 is 17.4 Å². The lowest BCUT2D eigenvalue weighted by Crippen LogP contribution is -2.57. The van der Waals surface area contributed by atoms with E-state index in [1.807, 2.05) is 13.8 Å². The molecule has 0 radical (unpaired) electrons. The molecule has 1 aliphatic carbocycles. The standard InChI is InChI=1S/C13H24N2O3/c1-3-13(14,4-2)12(18)15-10-8-6-5-7-9(10)11(16)17/h9-10H,3-8,14H2,1-2H3,(H,15,18)(H,16,17). The maximum atomic E-state index is 12.1. The number of aliphatic carboxylic acids is 1. The summed E-state index contributed by atoms with van der Waals surface area (Å²) in [6.07, 6.45) is 4.35. The van der Waals surface area contributed by atoms with Gasteiger partial charge in [0, 0.05) is 6.04 Å². The molecule has 1 aliphatic rings. The van der Waals surface area contributed by atoms with E-state index in [2.05, 4.69) is 5.32 Å². The van der Waals surface area contributed by atoms with Crippen molar-refractivity contribution < 1.29 is 14.7 Å². The molecule has 18 heavy (non-hydrogen) atoms. The minimum atomic E-state index is -0.875. The number of hydrogen-bond donors (Lipinski definition) is 3. The van der Waals surface area contributed by atoms with Crippen LogP contribution in [-0.4, -0.2) is 28.6 Å². The van der Waals surface area contributed by atoms with Gasteiger partial charge in [0.25, 0.3) is 0 Å². The molecular weight excluding hydrogens is 232 g/mol. The van der Waals surface area contributed by atoms with Gasteiger partial charge in [-0.15, -0.1) is 0 Å². The van der Waals surface area contributed by atoms with Gasteiger partial charge in [0.1, 0.15) is 0 Å². The van der Waals surface area contributed by atoms with Crippen LogP contribution in [0.2, 0.25) is 0 Å². The molecule has 1 fully saturated rings. The highest BCUT2D eigenvalue weighted by Crippen LogP contribution is 2.25. The first-order chi connectivity index (χ1) is 8.44. The summed E-state index contributed by atoms with van der Waals surface area (Å²) in [6, 6.07) is -0.273. The van der Waals surface area contributed by atoms with E-state index in [-0.39, 0.29) is 11.9 Å². The van der Waals surface area contributed by atoms with E-state index in [9.17, 15) is 9.59 Å². The van der Waals surface area contributed by atoms with Crippen molar-refractivity contribution in [1.29, 1.82) is 0 Å². The molecule has 0 aromatic carbocycles. The molecular formula is C13H24N2O3. The number of hydrogen-bond acceptors (Lipinski definition) is 3. The van der Waals surface area contributed by atoms with Crippen molar-refractivity contribution in [3.05, 3.63) is 0 Å². The van der Waals surface area contributed by atoms with E-state index in [0.717, 1.165) is 19.3 Å². The number of carboxylic acid groups (broad SMARTS) is 1. The molecule has 0 aromatic heterocycles. The second-order valence-corrected chi connectivity index (χ2v) is 5.17. The highest BCUT2D eigenvalue weighted by molar-refractivity contribution is 5.86. The van der Waals surface area contributed by atoms with Gasteiger partial charge in [-0.1, -0.05) is 26.7 Å². The highest BCUT2D eigenvalue weighted by Gasteiger charge is 2.36. The molecule has 0 aromatic rings. The molecule has 0 spiro atoms. The third kappa shape index (κ3) is 3.22. The van der Waals surface area contributed by atoms with Crippen LogP contribution < -0.4 is 11.1 Å². The molecule has 0 bridgehead atoms. The average Bonchev–Trinajstić information content (AvgIpc) is 2.38. The first-order valence-corrected chi connectivity index (χ1v) is 6.77. The number of amides is 1. The summed E-state index contributed by atoms with van der Waals surface area (Å²) in [6.45, 7) is 3.75. The van der Waals surface area contributed by atoms with Crippen molar-refractivity contribution >= 4 is 11.9 Å². The van der Waals surface area contributed by atoms with E-state index in [4.69, 9.17) is 10.8 Å². The average molecular weight is 256 g/mol. The van der Waals surface area contributed by atoms with Crippen LogP contribution >= 0.6 is 0 Å². The van der Waals surface area contributed by atoms with E-state index in [1.54, 1.807) is 0 Å². The van der Waals surface area contributed by atoms with Gasteiger partial charge in [-0.2, -0.15) is 0 Å². The molecule has 0 heterocycles. The molecule has 1 amide bonds. The minimum Gasteiger partial charge on any atom is -0.481 e. The third-order valence-corrected chi connectivity index (χ3v) is 4.11. The zero-order valence-electron chi connectivity index (χ0n) is 11.2. The molecule has 1 rings (SSSR count). The molecule has 0 saturated heterocycles. The Morgan fingerprint density at radius 1 is 1.28 bits per heavy atom. The lowest BCUT2D eigenvalue weighted by Gasteiger charge is -2.33. The fraction of sp³-hybridized carbons (Fsp3) is 0.846. The molecule has 1 saturated carbocycles. The van der Waals surface area contributed by atoms with Crippen molar-refractivity contribution in [2.24, 2.45) is 11.7 Å². The number of rotatable bonds is 5. The maximum Gasteiger partial charge on any atom is 0.308 e. The van der Waals surface area contributed by atoms with Crippen LogP contribution in [-0.2, 0) is 9.59 Å². The van der Waals surface area contributed by atoms with Crippen LogP contribution in [0.5, 0.6) is 0 Å². The third-order valence-electron chi connectivity index (χ3n) is 4.11. The lowest BCUT2D eigenvalue weighted by atomic mass is 9.83. The maximum absolute atomic E-state index is 12.1. The van der Waals surface area contributed by atoms with Gasteiger partial charge in [0.2, 0.25) is 5.91 Å². The zero-order valence-corrected chi connectivity index (χ0v) is 11.2. The van der Waals surface area contributed by atoms with Crippen LogP contribution in [0.3, 0.4) is 0 Å². The van der Waals surface area contributed by atoms with Gasteiger partial charge in [0.05, 0.1) is 11.5 Å². The summed E-state index contributed by atoms with van der Waals surface area (Å²) < 4.78 is 0. The predicted molar refractivity (Wildman–Crippen MR) is 69.0 cm³/mol. The van der Waals surface area contributed by atoms with Gasteiger partial charge in [-0.05, 0) is 25.7 Å². The quantitative estimate of drug-likeness (QED) is 0.690. The number of carboxylic acids is 1. The highest BCUT2D eigenvalue weighted by atomic mass is 16.4. The van der Waals surface area contributed by atoms with Gasteiger partial charge in [-0.25, -0.2) is 0 Å². The van der Waals surface area contributed by atoms with Gasteiger partial charge >= 0.3 is 5.97 Å². The fourth-order valence-electron chi connectivity index (χ4n) is 2.48.